The Kier molecular flexibility index (Phi) is 6.87. The van der Waals surface area contributed by atoms with Crippen LogP contribution in [0.25, 0.3) is 0 Å². The largest absolute Gasteiger partial charge is 0.492 e. The van der Waals surface area contributed by atoms with Crippen molar-refractivity contribution in [1.29, 1.82) is 0 Å². The molecule has 0 unspecified atom stereocenters. The van der Waals surface area contributed by atoms with E-state index in [1.54, 1.807) is 66.7 Å². The number of ether oxygens (including phenoxy) is 1. The molecule has 3 aromatic rings. The van der Waals surface area contributed by atoms with Crippen LogP contribution in [-0.4, -0.2) is 25.0 Å². The van der Waals surface area contributed by atoms with Gasteiger partial charge in [-0.2, -0.15) is 0 Å². The number of hydrogen-bond donors (Lipinski definition) is 2. The number of nitrogens with one attached hydrogen (secondary N) is 2. The van der Waals surface area contributed by atoms with E-state index in [4.69, 9.17) is 16.3 Å². The molecular weight excluding hydrogens is 388 g/mol. The van der Waals surface area contributed by atoms with Crippen LogP contribution in [0.1, 0.15) is 26.3 Å². The predicted molar refractivity (Wildman–Crippen MR) is 115 cm³/mol. The minimum absolute atomic E-state index is 0.221. The van der Waals surface area contributed by atoms with Crippen LogP contribution in [0.2, 0.25) is 5.02 Å². The Morgan fingerprint density at radius 1 is 0.897 bits per heavy atom. The van der Waals surface area contributed by atoms with Gasteiger partial charge < -0.3 is 15.4 Å². The van der Waals surface area contributed by atoms with Gasteiger partial charge in [0.15, 0.2) is 0 Å². The average molecular weight is 409 g/mol. The fraction of sp³-hybridized carbons (Fsp3) is 0.130. The first-order chi connectivity index (χ1) is 14.0. The van der Waals surface area contributed by atoms with Crippen molar-refractivity contribution in [1.82, 2.24) is 5.32 Å². The summed E-state index contributed by atoms with van der Waals surface area (Å²) in [6, 6.07) is 21.2. The fourth-order valence-corrected chi connectivity index (χ4v) is 2.85. The third kappa shape index (κ3) is 5.83. The quantitative estimate of drug-likeness (QED) is 0.556. The first kappa shape index (κ1) is 20.4. The van der Waals surface area contributed by atoms with Crippen LogP contribution in [0.5, 0.6) is 5.75 Å². The fourth-order valence-electron chi connectivity index (χ4n) is 2.67. The van der Waals surface area contributed by atoms with Gasteiger partial charge in [-0.3, -0.25) is 9.59 Å². The summed E-state index contributed by atoms with van der Waals surface area (Å²) in [5.74, 6) is 0.184. The van der Waals surface area contributed by atoms with Gasteiger partial charge in [0.2, 0.25) is 0 Å². The highest BCUT2D eigenvalue weighted by molar-refractivity contribution is 6.30. The van der Waals surface area contributed by atoms with Crippen molar-refractivity contribution in [3.05, 3.63) is 94.5 Å². The predicted octanol–water partition coefficient (Wildman–Crippen LogP) is 4.71. The van der Waals surface area contributed by atoms with Gasteiger partial charge in [-0.05, 0) is 55.0 Å². The van der Waals surface area contributed by atoms with E-state index in [0.717, 1.165) is 5.56 Å². The van der Waals surface area contributed by atoms with Gasteiger partial charge in [0.05, 0.1) is 6.54 Å². The minimum Gasteiger partial charge on any atom is -0.492 e. The third-order valence-electron chi connectivity index (χ3n) is 4.24. The first-order valence-corrected chi connectivity index (χ1v) is 9.54. The van der Waals surface area contributed by atoms with Crippen molar-refractivity contribution in [2.45, 2.75) is 6.92 Å². The van der Waals surface area contributed by atoms with E-state index in [1.807, 2.05) is 13.0 Å². The molecule has 0 aliphatic rings. The molecule has 5 nitrogen and oxygen atoms in total. The minimum atomic E-state index is -0.241. The lowest BCUT2D eigenvalue weighted by atomic mass is 10.1. The van der Waals surface area contributed by atoms with Crippen molar-refractivity contribution >= 4 is 29.1 Å². The van der Waals surface area contributed by atoms with E-state index in [0.29, 0.717) is 40.7 Å². The maximum absolute atomic E-state index is 12.4. The maximum Gasteiger partial charge on any atom is 0.255 e. The number of rotatable bonds is 7. The van der Waals surface area contributed by atoms with E-state index < -0.39 is 0 Å². The molecule has 148 valence electrons. The molecule has 3 aromatic carbocycles. The lowest BCUT2D eigenvalue weighted by Crippen LogP contribution is -2.28. The summed E-state index contributed by atoms with van der Waals surface area (Å²) >= 11 is 5.91. The number of carbonyl (C=O) groups is 2. The van der Waals surface area contributed by atoms with Crippen LogP contribution in [-0.2, 0) is 0 Å². The van der Waals surface area contributed by atoms with Crippen LogP contribution >= 0.6 is 11.6 Å². The Morgan fingerprint density at radius 2 is 1.69 bits per heavy atom. The van der Waals surface area contributed by atoms with Gasteiger partial charge in [0.25, 0.3) is 11.8 Å². The van der Waals surface area contributed by atoms with Crippen LogP contribution in [0.15, 0.2) is 72.8 Å². The summed E-state index contributed by atoms with van der Waals surface area (Å²) in [5.41, 5.74) is 2.48. The molecule has 0 aliphatic carbocycles. The molecule has 0 spiro atoms. The second kappa shape index (κ2) is 9.75. The van der Waals surface area contributed by atoms with E-state index >= 15 is 0 Å². The van der Waals surface area contributed by atoms with Crippen molar-refractivity contribution in [3.8, 4) is 5.75 Å². The summed E-state index contributed by atoms with van der Waals surface area (Å²) < 4.78 is 5.56. The number of anilines is 1. The molecule has 0 aliphatic heterocycles. The lowest BCUT2D eigenvalue weighted by Gasteiger charge is -2.12. The highest BCUT2D eigenvalue weighted by Crippen LogP contribution is 2.19. The number of amides is 2. The van der Waals surface area contributed by atoms with Crippen LogP contribution < -0.4 is 15.4 Å². The molecule has 0 aromatic heterocycles. The van der Waals surface area contributed by atoms with E-state index in [-0.39, 0.29) is 11.8 Å². The smallest absolute Gasteiger partial charge is 0.255 e. The molecule has 2 N–H and O–H groups in total. The molecule has 0 saturated carbocycles. The van der Waals surface area contributed by atoms with Crippen LogP contribution in [0, 0.1) is 6.92 Å². The van der Waals surface area contributed by atoms with Crippen molar-refractivity contribution in [2.75, 3.05) is 18.5 Å². The Morgan fingerprint density at radius 3 is 2.45 bits per heavy atom. The molecule has 0 fully saturated rings. The molecule has 0 saturated heterocycles. The molecule has 3 rings (SSSR count). The zero-order valence-corrected chi connectivity index (χ0v) is 16.7. The van der Waals surface area contributed by atoms with Gasteiger partial charge in [-0.25, -0.2) is 0 Å². The highest BCUT2D eigenvalue weighted by Gasteiger charge is 2.11. The highest BCUT2D eigenvalue weighted by atomic mass is 35.5. The summed E-state index contributed by atoms with van der Waals surface area (Å²) in [7, 11) is 0. The van der Waals surface area contributed by atoms with Crippen molar-refractivity contribution in [2.24, 2.45) is 0 Å². The maximum atomic E-state index is 12.4. The normalized spacial score (nSPS) is 10.3. The standard InChI is InChI=1S/C23H21ClN2O3/c1-16-10-11-18(14-21(16)26-23(28)17-6-3-2-4-7-17)22(27)25-12-13-29-20-9-5-8-19(24)15-20/h2-11,14-15H,12-13H2,1H3,(H,25,27)(H,26,28). The summed E-state index contributed by atoms with van der Waals surface area (Å²) in [4.78, 5) is 24.8. The van der Waals surface area contributed by atoms with Crippen molar-refractivity contribution < 1.29 is 14.3 Å². The molecule has 0 atom stereocenters. The summed E-state index contributed by atoms with van der Waals surface area (Å²) in [6.45, 7) is 2.53. The zero-order valence-electron chi connectivity index (χ0n) is 15.9. The molecule has 0 bridgehead atoms. The lowest BCUT2D eigenvalue weighted by molar-refractivity contribution is 0.0945. The summed E-state index contributed by atoms with van der Waals surface area (Å²) in [6.07, 6.45) is 0. The number of aryl methyl sites for hydroxylation is 1. The van der Waals surface area contributed by atoms with E-state index in [1.165, 1.54) is 0 Å². The van der Waals surface area contributed by atoms with Gasteiger partial charge >= 0.3 is 0 Å². The number of benzene rings is 3. The SMILES string of the molecule is Cc1ccc(C(=O)NCCOc2cccc(Cl)c2)cc1NC(=O)c1ccccc1. The summed E-state index contributed by atoms with van der Waals surface area (Å²) in [5, 5.41) is 6.26. The second-order valence-electron chi connectivity index (χ2n) is 6.41. The van der Waals surface area contributed by atoms with Gasteiger partial charge in [-0.15, -0.1) is 0 Å². The Balaban J connectivity index is 1.56. The topological polar surface area (TPSA) is 67.4 Å². The number of hydrogen-bond acceptors (Lipinski definition) is 3. The molecule has 6 heteroatoms. The average Bonchev–Trinajstić information content (AvgIpc) is 2.73. The Bertz CT molecular complexity index is 1010. The van der Waals surface area contributed by atoms with E-state index in [2.05, 4.69) is 10.6 Å². The molecule has 2 amide bonds. The zero-order chi connectivity index (χ0) is 20.6. The molecule has 29 heavy (non-hydrogen) atoms. The monoisotopic (exact) mass is 408 g/mol. The molecular formula is C23H21ClN2O3. The van der Waals surface area contributed by atoms with Gasteiger partial charge in [-0.1, -0.05) is 41.9 Å². The van der Waals surface area contributed by atoms with Crippen LogP contribution in [0.4, 0.5) is 5.69 Å². The Labute approximate surface area is 174 Å². The molecule has 0 heterocycles. The Hall–Kier alpha value is -3.31. The van der Waals surface area contributed by atoms with Crippen molar-refractivity contribution in [3.63, 3.8) is 0 Å². The first-order valence-electron chi connectivity index (χ1n) is 9.16. The second-order valence-corrected chi connectivity index (χ2v) is 6.85. The van der Waals surface area contributed by atoms with Crippen LogP contribution in [0.3, 0.4) is 0 Å². The third-order valence-corrected chi connectivity index (χ3v) is 4.47. The van der Waals surface area contributed by atoms with Gasteiger partial charge in [0.1, 0.15) is 12.4 Å². The van der Waals surface area contributed by atoms with Gasteiger partial charge in [0, 0.05) is 21.8 Å². The number of halogens is 1. The number of carbonyl (C=O) groups excluding carboxylic acids is 2. The molecule has 0 radical (unpaired) electrons. The van der Waals surface area contributed by atoms with E-state index in [9.17, 15) is 9.59 Å².